The topological polar surface area (TPSA) is 40.6 Å². The van der Waals surface area contributed by atoms with Crippen molar-refractivity contribution in [1.82, 2.24) is 0 Å². The van der Waals surface area contributed by atoms with Crippen LogP contribution in [0.2, 0.25) is 10.0 Å². The molecule has 0 bridgehead atoms. The van der Waals surface area contributed by atoms with Crippen molar-refractivity contribution in [3.8, 4) is 0 Å². The standard InChI is InChI=1S/C19H15Cl3N2O2/c1-3-23(12-6-4-5-11(2)9-12)17-16(22)18(25)24(19(17)26)13-7-8-14(20)15(21)10-13/h4-10H,3H2,1-2H3. The van der Waals surface area contributed by atoms with Gasteiger partial charge in [-0.2, -0.15) is 0 Å². The van der Waals surface area contributed by atoms with Crippen LogP contribution >= 0.6 is 34.8 Å². The summed E-state index contributed by atoms with van der Waals surface area (Å²) >= 11 is 18.2. The minimum Gasteiger partial charge on any atom is -0.336 e. The van der Waals surface area contributed by atoms with Gasteiger partial charge in [-0.1, -0.05) is 46.9 Å². The summed E-state index contributed by atoms with van der Waals surface area (Å²) in [6, 6.07) is 12.2. The van der Waals surface area contributed by atoms with Crippen LogP contribution in [0.4, 0.5) is 11.4 Å². The molecule has 0 fully saturated rings. The highest BCUT2D eigenvalue weighted by atomic mass is 35.5. The number of hydrogen-bond donors (Lipinski definition) is 0. The molecule has 3 rings (SSSR count). The third kappa shape index (κ3) is 3.20. The van der Waals surface area contributed by atoms with Gasteiger partial charge in [-0.15, -0.1) is 0 Å². The lowest BCUT2D eigenvalue weighted by atomic mass is 10.2. The highest BCUT2D eigenvalue weighted by molar-refractivity contribution is 6.53. The molecule has 2 aromatic rings. The van der Waals surface area contributed by atoms with Crippen molar-refractivity contribution in [1.29, 1.82) is 0 Å². The molecule has 2 aromatic carbocycles. The van der Waals surface area contributed by atoms with E-state index in [0.29, 0.717) is 17.3 Å². The van der Waals surface area contributed by atoms with E-state index >= 15 is 0 Å². The van der Waals surface area contributed by atoms with Crippen LogP contribution in [0, 0.1) is 6.92 Å². The molecule has 1 aliphatic rings. The summed E-state index contributed by atoms with van der Waals surface area (Å²) in [6.07, 6.45) is 0. The SMILES string of the molecule is CCN(C1=C(Cl)C(=O)N(c2ccc(Cl)c(Cl)c2)C1=O)c1cccc(C)c1. The van der Waals surface area contributed by atoms with Crippen LogP contribution in [-0.4, -0.2) is 18.4 Å². The molecule has 0 unspecified atom stereocenters. The zero-order valence-corrected chi connectivity index (χ0v) is 16.4. The van der Waals surface area contributed by atoms with E-state index in [0.717, 1.165) is 16.2 Å². The zero-order valence-electron chi connectivity index (χ0n) is 14.1. The molecule has 7 heteroatoms. The molecular formula is C19H15Cl3N2O2. The number of aryl methyl sites for hydroxylation is 1. The maximum Gasteiger partial charge on any atom is 0.283 e. The first-order valence-corrected chi connectivity index (χ1v) is 9.06. The van der Waals surface area contributed by atoms with Gasteiger partial charge in [-0.05, 0) is 49.7 Å². The Morgan fingerprint density at radius 3 is 2.31 bits per heavy atom. The molecule has 1 heterocycles. The Balaban J connectivity index is 2.04. The summed E-state index contributed by atoms with van der Waals surface area (Å²) in [5.74, 6) is -1.09. The van der Waals surface area contributed by atoms with Gasteiger partial charge in [0.1, 0.15) is 10.7 Å². The van der Waals surface area contributed by atoms with Gasteiger partial charge in [0, 0.05) is 12.2 Å². The molecule has 0 saturated heterocycles. The van der Waals surface area contributed by atoms with Crippen LogP contribution in [0.15, 0.2) is 53.2 Å². The van der Waals surface area contributed by atoms with Gasteiger partial charge in [0.25, 0.3) is 11.8 Å². The Bertz CT molecular complexity index is 940. The van der Waals surface area contributed by atoms with Crippen molar-refractivity contribution in [3.05, 3.63) is 68.8 Å². The third-order valence-electron chi connectivity index (χ3n) is 4.07. The van der Waals surface area contributed by atoms with Crippen molar-refractivity contribution in [3.63, 3.8) is 0 Å². The number of nitrogens with zero attached hydrogens (tertiary/aromatic N) is 2. The number of anilines is 2. The van der Waals surface area contributed by atoms with E-state index in [1.165, 1.54) is 12.1 Å². The van der Waals surface area contributed by atoms with E-state index < -0.39 is 11.8 Å². The number of benzene rings is 2. The van der Waals surface area contributed by atoms with Crippen molar-refractivity contribution in [2.24, 2.45) is 0 Å². The minimum atomic E-state index is -0.587. The van der Waals surface area contributed by atoms with Crippen LogP contribution in [0.25, 0.3) is 0 Å². The van der Waals surface area contributed by atoms with Crippen LogP contribution in [0.1, 0.15) is 12.5 Å². The molecule has 0 aliphatic carbocycles. The average molecular weight is 410 g/mol. The smallest absolute Gasteiger partial charge is 0.283 e. The number of carbonyl (C=O) groups is 2. The first-order chi connectivity index (χ1) is 12.3. The van der Waals surface area contributed by atoms with Crippen molar-refractivity contribution in [2.45, 2.75) is 13.8 Å². The first kappa shape index (κ1) is 18.8. The van der Waals surface area contributed by atoms with Crippen LogP contribution in [-0.2, 0) is 9.59 Å². The van der Waals surface area contributed by atoms with Gasteiger partial charge >= 0.3 is 0 Å². The lowest BCUT2D eigenvalue weighted by Gasteiger charge is -2.24. The van der Waals surface area contributed by atoms with Crippen LogP contribution < -0.4 is 9.80 Å². The van der Waals surface area contributed by atoms with E-state index in [4.69, 9.17) is 34.8 Å². The Kier molecular flexibility index (Phi) is 5.28. The Hall–Kier alpha value is -2.01. The molecule has 1 aliphatic heterocycles. The zero-order chi connectivity index (χ0) is 19.0. The summed E-state index contributed by atoms with van der Waals surface area (Å²) in [5.41, 5.74) is 2.30. The normalized spacial score (nSPS) is 14.4. The summed E-state index contributed by atoms with van der Waals surface area (Å²) in [7, 11) is 0. The van der Waals surface area contributed by atoms with E-state index in [-0.39, 0.29) is 15.8 Å². The second kappa shape index (κ2) is 7.31. The van der Waals surface area contributed by atoms with Crippen LogP contribution in [0.5, 0.6) is 0 Å². The van der Waals surface area contributed by atoms with E-state index in [1.807, 2.05) is 38.1 Å². The summed E-state index contributed by atoms with van der Waals surface area (Å²) in [5, 5.41) is 0.466. The lowest BCUT2D eigenvalue weighted by Crippen LogP contribution is -2.35. The van der Waals surface area contributed by atoms with Crippen molar-refractivity contribution < 1.29 is 9.59 Å². The molecule has 4 nitrogen and oxygen atoms in total. The molecule has 0 saturated carbocycles. The van der Waals surface area contributed by atoms with E-state index in [2.05, 4.69) is 0 Å². The Morgan fingerprint density at radius 2 is 1.69 bits per heavy atom. The first-order valence-electron chi connectivity index (χ1n) is 7.93. The number of carbonyl (C=O) groups excluding carboxylic acids is 2. The molecule has 0 radical (unpaired) electrons. The lowest BCUT2D eigenvalue weighted by molar-refractivity contribution is -0.120. The monoisotopic (exact) mass is 408 g/mol. The van der Waals surface area contributed by atoms with E-state index in [9.17, 15) is 9.59 Å². The van der Waals surface area contributed by atoms with Gasteiger partial charge < -0.3 is 4.90 Å². The number of imide groups is 1. The maximum absolute atomic E-state index is 13.0. The molecular weight excluding hydrogens is 395 g/mol. The van der Waals surface area contributed by atoms with Crippen molar-refractivity contribution in [2.75, 3.05) is 16.3 Å². The number of rotatable bonds is 4. The fourth-order valence-electron chi connectivity index (χ4n) is 2.85. The predicted molar refractivity (Wildman–Crippen MR) is 106 cm³/mol. The number of halogens is 3. The Labute approximate surface area is 166 Å². The third-order valence-corrected chi connectivity index (χ3v) is 5.14. The minimum absolute atomic E-state index is 0.121. The molecule has 0 aromatic heterocycles. The van der Waals surface area contributed by atoms with Gasteiger partial charge in [-0.25, -0.2) is 4.90 Å². The van der Waals surface area contributed by atoms with E-state index in [1.54, 1.807) is 11.0 Å². The summed E-state index contributed by atoms with van der Waals surface area (Å²) in [4.78, 5) is 28.4. The van der Waals surface area contributed by atoms with Gasteiger partial charge in [-0.3, -0.25) is 9.59 Å². The second-order valence-corrected chi connectivity index (χ2v) is 6.98. The van der Waals surface area contributed by atoms with Crippen molar-refractivity contribution >= 4 is 58.0 Å². The molecule has 0 atom stereocenters. The highest BCUT2D eigenvalue weighted by Gasteiger charge is 2.41. The maximum atomic E-state index is 13.0. The van der Waals surface area contributed by atoms with Crippen LogP contribution in [0.3, 0.4) is 0 Å². The fraction of sp³-hybridized carbons (Fsp3) is 0.158. The quantitative estimate of drug-likeness (QED) is 0.656. The van der Waals surface area contributed by atoms with Gasteiger partial charge in [0.2, 0.25) is 0 Å². The average Bonchev–Trinajstić information content (AvgIpc) is 2.82. The second-order valence-electron chi connectivity index (χ2n) is 5.79. The summed E-state index contributed by atoms with van der Waals surface area (Å²) in [6.45, 7) is 4.32. The fourth-order valence-corrected chi connectivity index (χ4v) is 3.41. The number of amides is 2. The summed E-state index contributed by atoms with van der Waals surface area (Å²) < 4.78 is 0. The Morgan fingerprint density at radius 1 is 0.962 bits per heavy atom. The molecule has 0 N–H and O–H groups in total. The predicted octanol–water partition coefficient (Wildman–Crippen LogP) is 5.15. The molecule has 134 valence electrons. The van der Waals surface area contributed by atoms with Gasteiger partial charge in [0.05, 0.1) is 15.7 Å². The molecule has 26 heavy (non-hydrogen) atoms. The number of hydrogen-bond acceptors (Lipinski definition) is 3. The van der Waals surface area contributed by atoms with Gasteiger partial charge in [0.15, 0.2) is 0 Å². The number of likely N-dealkylation sites (N-methyl/N-ethyl adjacent to an activating group) is 1. The molecule has 0 spiro atoms. The molecule has 2 amide bonds. The highest BCUT2D eigenvalue weighted by Crippen LogP contribution is 2.35. The largest absolute Gasteiger partial charge is 0.336 e.